The predicted octanol–water partition coefficient (Wildman–Crippen LogP) is 7.04. The largest absolute Gasteiger partial charge is 0.418 e. The van der Waals surface area contributed by atoms with Gasteiger partial charge in [0.05, 0.1) is 16.8 Å². The summed E-state index contributed by atoms with van der Waals surface area (Å²) in [5, 5.41) is 2.05. The number of amides is 1. The highest BCUT2D eigenvalue weighted by atomic mass is 35.5. The van der Waals surface area contributed by atoms with E-state index in [-0.39, 0.29) is 29.0 Å². The van der Waals surface area contributed by atoms with Crippen molar-refractivity contribution in [2.24, 2.45) is 0 Å². The van der Waals surface area contributed by atoms with Crippen LogP contribution in [0.5, 0.6) is 0 Å². The van der Waals surface area contributed by atoms with E-state index in [1.807, 2.05) is 5.32 Å². The number of ketones is 1. The molecule has 0 atom stereocenters. The second kappa shape index (κ2) is 10.3. The van der Waals surface area contributed by atoms with Gasteiger partial charge in [0.1, 0.15) is 11.6 Å². The summed E-state index contributed by atoms with van der Waals surface area (Å²) < 4.78 is 80.4. The van der Waals surface area contributed by atoms with Gasteiger partial charge in [-0.05, 0) is 47.5 Å². The summed E-state index contributed by atoms with van der Waals surface area (Å²) in [6, 6.07) is 11.2. The van der Waals surface area contributed by atoms with Crippen LogP contribution < -0.4 is 5.32 Å². The molecule has 0 bridgehead atoms. The summed E-state index contributed by atoms with van der Waals surface area (Å²) >= 11 is 5.72. The maximum absolute atomic E-state index is 13.9. The van der Waals surface area contributed by atoms with Crippen molar-refractivity contribution in [2.45, 2.75) is 25.4 Å². The number of carbonyl (C=O) groups is 2. The topological polar surface area (TPSA) is 46.2 Å². The molecule has 0 aliphatic heterocycles. The van der Waals surface area contributed by atoms with E-state index in [0.717, 1.165) is 24.3 Å². The molecule has 0 fully saturated rings. The molecule has 3 nitrogen and oxygen atoms in total. The van der Waals surface area contributed by atoms with Gasteiger partial charge in [0.25, 0.3) is 12.3 Å². The highest BCUT2D eigenvalue weighted by Crippen LogP contribution is 2.36. The number of alkyl halides is 5. The molecular formula is C24H16ClF6NO2. The maximum atomic E-state index is 13.9. The summed E-state index contributed by atoms with van der Waals surface area (Å²) in [4.78, 5) is 24.7. The Morgan fingerprint density at radius 1 is 0.912 bits per heavy atom. The Kier molecular flexibility index (Phi) is 7.66. The van der Waals surface area contributed by atoms with Crippen LogP contribution in [0, 0.1) is 5.82 Å². The van der Waals surface area contributed by atoms with E-state index in [9.17, 15) is 35.9 Å². The Labute approximate surface area is 195 Å². The van der Waals surface area contributed by atoms with Gasteiger partial charge in [-0.2, -0.15) is 13.2 Å². The van der Waals surface area contributed by atoms with Crippen LogP contribution in [-0.4, -0.2) is 11.7 Å². The van der Waals surface area contributed by atoms with Crippen LogP contribution in [0.1, 0.15) is 39.0 Å². The molecule has 3 aromatic rings. The Hall–Kier alpha value is -3.33. The van der Waals surface area contributed by atoms with Gasteiger partial charge in [0.2, 0.25) is 0 Å². The molecule has 0 spiro atoms. The molecular weight excluding hydrogens is 484 g/mol. The van der Waals surface area contributed by atoms with E-state index in [1.165, 1.54) is 30.3 Å². The first-order valence-electron chi connectivity index (χ1n) is 9.79. The SMILES string of the molecule is O=C(Cc1cccc(C(F)F)c1)Cc1ccc(NC(=O)c2cc(Cl)ccc2F)c(C(F)(F)F)c1. The quantitative estimate of drug-likeness (QED) is 0.354. The second-order valence-corrected chi connectivity index (χ2v) is 7.83. The van der Waals surface area contributed by atoms with Gasteiger partial charge in [-0.25, -0.2) is 13.2 Å². The predicted molar refractivity (Wildman–Crippen MR) is 115 cm³/mol. The number of carbonyl (C=O) groups excluding carboxylic acids is 2. The van der Waals surface area contributed by atoms with Crippen molar-refractivity contribution in [2.75, 3.05) is 5.32 Å². The van der Waals surface area contributed by atoms with Gasteiger partial charge in [-0.1, -0.05) is 35.9 Å². The number of benzene rings is 3. The second-order valence-electron chi connectivity index (χ2n) is 7.39. The Balaban J connectivity index is 1.80. The molecule has 0 saturated heterocycles. The number of rotatable bonds is 7. The molecule has 178 valence electrons. The average molecular weight is 500 g/mol. The molecule has 0 unspecified atom stereocenters. The number of nitrogens with one attached hydrogen (secondary N) is 1. The minimum absolute atomic E-state index is 0.00859. The molecule has 0 radical (unpaired) electrons. The van der Waals surface area contributed by atoms with Crippen molar-refractivity contribution in [1.29, 1.82) is 0 Å². The minimum Gasteiger partial charge on any atom is -0.321 e. The number of Topliss-reactive ketones (excluding diaryl/α,β-unsaturated/α-hetero) is 1. The molecule has 0 aliphatic carbocycles. The summed E-state index contributed by atoms with van der Waals surface area (Å²) in [7, 11) is 0. The van der Waals surface area contributed by atoms with E-state index in [4.69, 9.17) is 11.6 Å². The number of halogens is 7. The fraction of sp³-hybridized carbons (Fsp3) is 0.167. The van der Waals surface area contributed by atoms with E-state index in [1.54, 1.807) is 0 Å². The normalized spacial score (nSPS) is 11.5. The van der Waals surface area contributed by atoms with Crippen LogP contribution in [0.3, 0.4) is 0 Å². The fourth-order valence-corrected chi connectivity index (χ4v) is 3.43. The van der Waals surface area contributed by atoms with Gasteiger partial charge >= 0.3 is 6.18 Å². The summed E-state index contributed by atoms with van der Waals surface area (Å²) in [6.45, 7) is 0. The molecule has 0 saturated carbocycles. The van der Waals surface area contributed by atoms with E-state index >= 15 is 0 Å². The third-order valence-electron chi connectivity index (χ3n) is 4.82. The van der Waals surface area contributed by atoms with Crippen LogP contribution >= 0.6 is 11.6 Å². The van der Waals surface area contributed by atoms with Gasteiger partial charge in [0, 0.05) is 23.4 Å². The minimum atomic E-state index is -4.89. The smallest absolute Gasteiger partial charge is 0.321 e. The van der Waals surface area contributed by atoms with Crippen LogP contribution in [0.4, 0.5) is 32.0 Å². The van der Waals surface area contributed by atoms with Crippen molar-refractivity contribution >= 4 is 29.0 Å². The van der Waals surface area contributed by atoms with E-state index in [0.29, 0.717) is 11.6 Å². The van der Waals surface area contributed by atoms with Gasteiger partial charge < -0.3 is 5.32 Å². The standard InChI is InChI=1S/C24H16ClF6NO2/c25-16-5-6-20(26)18(12-16)23(34)32-21-7-4-14(11-19(21)24(29,30)31)10-17(33)9-13-2-1-3-15(8-13)22(27)28/h1-8,11-12,22H,9-10H2,(H,32,34). The highest BCUT2D eigenvalue weighted by molar-refractivity contribution is 6.31. The van der Waals surface area contributed by atoms with Gasteiger partial charge in [-0.15, -0.1) is 0 Å². The zero-order chi connectivity index (χ0) is 25.0. The number of anilines is 1. The lowest BCUT2D eigenvalue weighted by Gasteiger charge is -2.16. The van der Waals surface area contributed by atoms with Crippen molar-refractivity contribution in [3.05, 3.63) is 99.3 Å². The van der Waals surface area contributed by atoms with E-state index in [2.05, 4.69) is 0 Å². The summed E-state index contributed by atoms with van der Waals surface area (Å²) in [6.07, 6.45) is -8.24. The van der Waals surface area contributed by atoms with Crippen LogP contribution in [0.2, 0.25) is 5.02 Å². The first kappa shape index (κ1) is 25.3. The molecule has 0 heterocycles. The molecule has 1 amide bonds. The fourth-order valence-electron chi connectivity index (χ4n) is 3.26. The van der Waals surface area contributed by atoms with Gasteiger partial charge in [0.15, 0.2) is 0 Å². The molecule has 3 aromatic carbocycles. The molecule has 0 aromatic heterocycles. The monoisotopic (exact) mass is 499 g/mol. The number of hydrogen-bond donors (Lipinski definition) is 1. The molecule has 34 heavy (non-hydrogen) atoms. The molecule has 1 N–H and O–H groups in total. The van der Waals surface area contributed by atoms with Crippen molar-refractivity contribution < 1.29 is 35.9 Å². The Morgan fingerprint density at radius 3 is 2.24 bits per heavy atom. The Bertz CT molecular complexity index is 1230. The maximum Gasteiger partial charge on any atom is 0.418 e. The van der Waals surface area contributed by atoms with Gasteiger partial charge in [-0.3, -0.25) is 9.59 Å². The highest BCUT2D eigenvalue weighted by Gasteiger charge is 2.34. The first-order chi connectivity index (χ1) is 15.9. The zero-order valence-electron chi connectivity index (χ0n) is 17.2. The van der Waals surface area contributed by atoms with Crippen LogP contribution in [0.15, 0.2) is 60.7 Å². The van der Waals surface area contributed by atoms with Crippen LogP contribution in [0.25, 0.3) is 0 Å². The summed E-state index contributed by atoms with van der Waals surface area (Å²) in [5.74, 6) is -2.58. The van der Waals surface area contributed by atoms with E-state index < -0.39 is 46.9 Å². The summed E-state index contributed by atoms with van der Waals surface area (Å²) in [5.41, 5.74) is -2.33. The third-order valence-corrected chi connectivity index (χ3v) is 5.05. The lowest BCUT2D eigenvalue weighted by molar-refractivity contribution is -0.137. The zero-order valence-corrected chi connectivity index (χ0v) is 18.0. The number of hydrogen-bond acceptors (Lipinski definition) is 2. The lowest BCUT2D eigenvalue weighted by atomic mass is 9.99. The molecule has 3 rings (SSSR count). The molecule has 0 aliphatic rings. The average Bonchev–Trinajstić information content (AvgIpc) is 2.75. The lowest BCUT2D eigenvalue weighted by Crippen LogP contribution is -2.18. The van der Waals surface area contributed by atoms with Crippen LogP contribution in [-0.2, 0) is 23.8 Å². The third kappa shape index (κ3) is 6.38. The Morgan fingerprint density at radius 2 is 1.59 bits per heavy atom. The van der Waals surface area contributed by atoms with Crippen molar-refractivity contribution in [3.63, 3.8) is 0 Å². The van der Waals surface area contributed by atoms with Crippen molar-refractivity contribution in [1.82, 2.24) is 0 Å². The van der Waals surface area contributed by atoms with Crippen molar-refractivity contribution in [3.8, 4) is 0 Å². The first-order valence-corrected chi connectivity index (χ1v) is 10.2. The molecule has 10 heteroatoms.